The number of methoxy groups -OCH3 is 1. The Labute approximate surface area is 141 Å². The SMILES string of the molecule is COc1cccc2c1OC(COS(=O)(=O)c1ccc(C)cc1)CO2. The van der Waals surface area contributed by atoms with Gasteiger partial charge in [0.05, 0.1) is 12.0 Å². The van der Waals surface area contributed by atoms with Crippen LogP contribution in [0.4, 0.5) is 0 Å². The molecule has 6 nitrogen and oxygen atoms in total. The van der Waals surface area contributed by atoms with Gasteiger partial charge in [-0.3, -0.25) is 4.18 Å². The lowest BCUT2D eigenvalue weighted by Gasteiger charge is -2.27. The molecule has 1 unspecified atom stereocenters. The Kier molecular flexibility index (Phi) is 4.64. The van der Waals surface area contributed by atoms with Gasteiger partial charge >= 0.3 is 0 Å². The molecule has 3 rings (SSSR count). The highest BCUT2D eigenvalue weighted by atomic mass is 32.2. The van der Waals surface area contributed by atoms with Gasteiger partial charge in [-0.15, -0.1) is 0 Å². The Balaban J connectivity index is 1.68. The van der Waals surface area contributed by atoms with E-state index in [4.69, 9.17) is 18.4 Å². The first kappa shape index (κ1) is 16.6. The smallest absolute Gasteiger partial charge is 0.297 e. The number of hydrogen-bond acceptors (Lipinski definition) is 6. The molecule has 0 saturated carbocycles. The third kappa shape index (κ3) is 3.47. The first-order valence-electron chi connectivity index (χ1n) is 7.42. The lowest BCUT2D eigenvalue weighted by molar-refractivity contribution is 0.0526. The lowest BCUT2D eigenvalue weighted by Crippen LogP contribution is -2.34. The van der Waals surface area contributed by atoms with Gasteiger partial charge in [-0.1, -0.05) is 23.8 Å². The number of rotatable bonds is 5. The third-order valence-electron chi connectivity index (χ3n) is 3.59. The highest BCUT2D eigenvalue weighted by Gasteiger charge is 2.26. The fourth-order valence-corrected chi connectivity index (χ4v) is 3.23. The Morgan fingerprint density at radius 1 is 1.17 bits per heavy atom. The quantitative estimate of drug-likeness (QED) is 0.772. The van der Waals surface area contributed by atoms with Gasteiger partial charge in [0, 0.05) is 0 Å². The minimum atomic E-state index is -3.84. The second-order valence-electron chi connectivity index (χ2n) is 5.39. The molecule has 1 aliphatic rings. The van der Waals surface area contributed by atoms with Crippen LogP contribution in [0.5, 0.6) is 17.2 Å². The Hall–Kier alpha value is -2.25. The van der Waals surface area contributed by atoms with Gasteiger partial charge in [0.2, 0.25) is 5.75 Å². The van der Waals surface area contributed by atoms with Crippen molar-refractivity contribution in [3.63, 3.8) is 0 Å². The number of hydrogen-bond donors (Lipinski definition) is 0. The summed E-state index contributed by atoms with van der Waals surface area (Å²) in [6, 6.07) is 11.8. The van der Waals surface area contributed by atoms with Crippen LogP contribution in [-0.4, -0.2) is 34.8 Å². The van der Waals surface area contributed by atoms with Crippen LogP contribution in [0.25, 0.3) is 0 Å². The monoisotopic (exact) mass is 350 g/mol. The number of benzene rings is 2. The van der Waals surface area contributed by atoms with E-state index in [-0.39, 0.29) is 18.1 Å². The molecule has 7 heteroatoms. The normalized spacial score (nSPS) is 16.7. The molecule has 1 heterocycles. The van der Waals surface area contributed by atoms with Gasteiger partial charge in [0.15, 0.2) is 17.6 Å². The molecule has 2 aromatic rings. The number of fused-ring (bicyclic) bond motifs is 1. The molecule has 0 bridgehead atoms. The van der Waals surface area contributed by atoms with Gasteiger partial charge in [-0.05, 0) is 31.2 Å². The predicted molar refractivity (Wildman–Crippen MR) is 87.2 cm³/mol. The van der Waals surface area contributed by atoms with Crippen LogP contribution >= 0.6 is 0 Å². The summed E-state index contributed by atoms with van der Waals surface area (Å²) in [6.07, 6.45) is -0.547. The van der Waals surface area contributed by atoms with E-state index in [1.165, 1.54) is 19.2 Å². The van der Waals surface area contributed by atoms with Crippen LogP contribution in [0.1, 0.15) is 5.56 Å². The van der Waals surface area contributed by atoms with Crippen molar-refractivity contribution in [2.24, 2.45) is 0 Å². The molecule has 0 spiro atoms. The first-order chi connectivity index (χ1) is 11.5. The molecule has 0 radical (unpaired) electrons. The lowest BCUT2D eigenvalue weighted by atomic mass is 10.2. The highest BCUT2D eigenvalue weighted by molar-refractivity contribution is 7.86. The first-order valence-corrected chi connectivity index (χ1v) is 8.83. The molecule has 0 saturated heterocycles. The molecular formula is C17H18O6S. The maximum Gasteiger partial charge on any atom is 0.297 e. The van der Waals surface area contributed by atoms with E-state index < -0.39 is 16.2 Å². The molecule has 24 heavy (non-hydrogen) atoms. The second-order valence-corrected chi connectivity index (χ2v) is 7.01. The van der Waals surface area contributed by atoms with E-state index in [0.29, 0.717) is 17.2 Å². The van der Waals surface area contributed by atoms with Gasteiger partial charge in [0.25, 0.3) is 10.1 Å². The molecule has 1 atom stereocenters. The molecule has 0 aromatic heterocycles. The number of para-hydroxylation sites is 1. The summed E-state index contributed by atoms with van der Waals surface area (Å²) >= 11 is 0. The minimum absolute atomic E-state index is 0.114. The van der Waals surface area contributed by atoms with E-state index >= 15 is 0 Å². The fourth-order valence-electron chi connectivity index (χ4n) is 2.29. The maximum atomic E-state index is 12.2. The van der Waals surface area contributed by atoms with Crippen molar-refractivity contribution in [1.29, 1.82) is 0 Å². The van der Waals surface area contributed by atoms with E-state index in [9.17, 15) is 8.42 Å². The molecule has 0 fully saturated rings. The van der Waals surface area contributed by atoms with Crippen LogP contribution in [0.2, 0.25) is 0 Å². The predicted octanol–water partition coefficient (Wildman–Crippen LogP) is 2.55. The maximum absolute atomic E-state index is 12.2. The van der Waals surface area contributed by atoms with Gasteiger partial charge < -0.3 is 14.2 Å². The molecule has 0 amide bonds. The third-order valence-corrected chi connectivity index (χ3v) is 4.89. The molecular weight excluding hydrogens is 332 g/mol. The average molecular weight is 350 g/mol. The second kappa shape index (κ2) is 6.70. The van der Waals surface area contributed by atoms with Crippen molar-refractivity contribution in [1.82, 2.24) is 0 Å². The molecule has 1 aliphatic heterocycles. The Morgan fingerprint density at radius 2 is 1.92 bits per heavy atom. The van der Waals surface area contributed by atoms with E-state index in [1.807, 2.05) is 6.92 Å². The van der Waals surface area contributed by atoms with Crippen molar-refractivity contribution >= 4 is 10.1 Å². The topological polar surface area (TPSA) is 71.1 Å². The van der Waals surface area contributed by atoms with Crippen LogP contribution < -0.4 is 14.2 Å². The molecule has 0 N–H and O–H groups in total. The van der Waals surface area contributed by atoms with Gasteiger partial charge in [0.1, 0.15) is 13.2 Å². The summed E-state index contributed by atoms with van der Waals surface area (Å²) in [4.78, 5) is 0.114. The summed E-state index contributed by atoms with van der Waals surface area (Å²) in [5.74, 6) is 1.54. The summed E-state index contributed by atoms with van der Waals surface area (Å²) in [5, 5.41) is 0. The zero-order valence-electron chi connectivity index (χ0n) is 13.4. The summed E-state index contributed by atoms with van der Waals surface area (Å²) in [5.41, 5.74) is 0.974. The standard InChI is InChI=1S/C17H18O6S/c1-12-6-8-14(9-7-12)24(18,19)22-11-13-10-21-16-5-3-4-15(20-2)17(16)23-13/h3-9,13H,10-11H2,1-2H3. The van der Waals surface area contributed by atoms with E-state index in [1.54, 1.807) is 30.3 Å². The molecule has 128 valence electrons. The Morgan fingerprint density at radius 3 is 2.62 bits per heavy atom. The van der Waals surface area contributed by atoms with Crippen molar-refractivity contribution in [3.8, 4) is 17.2 Å². The van der Waals surface area contributed by atoms with Crippen LogP contribution in [0.3, 0.4) is 0 Å². The number of ether oxygens (including phenoxy) is 3. The van der Waals surface area contributed by atoms with Gasteiger partial charge in [-0.25, -0.2) is 0 Å². The van der Waals surface area contributed by atoms with E-state index in [2.05, 4.69) is 0 Å². The number of aryl methyl sites for hydroxylation is 1. The fraction of sp³-hybridized carbons (Fsp3) is 0.294. The molecule has 0 aliphatic carbocycles. The zero-order chi connectivity index (χ0) is 17.2. The summed E-state index contributed by atoms with van der Waals surface area (Å²) in [6.45, 7) is 1.94. The van der Waals surface area contributed by atoms with Crippen molar-refractivity contribution in [2.45, 2.75) is 17.9 Å². The van der Waals surface area contributed by atoms with Crippen LogP contribution in [0.15, 0.2) is 47.4 Å². The van der Waals surface area contributed by atoms with E-state index in [0.717, 1.165) is 5.56 Å². The minimum Gasteiger partial charge on any atom is -0.493 e. The van der Waals surface area contributed by atoms with Crippen LogP contribution in [0, 0.1) is 6.92 Å². The summed E-state index contributed by atoms with van der Waals surface area (Å²) in [7, 11) is -2.31. The van der Waals surface area contributed by atoms with Crippen molar-refractivity contribution in [3.05, 3.63) is 48.0 Å². The van der Waals surface area contributed by atoms with Crippen LogP contribution in [-0.2, 0) is 14.3 Å². The zero-order valence-corrected chi connectivity index (χ0v) is 14.2. The molecule has 2 aromatic carbocycles. The van der Waals surface area contributed by atoms with Crippen molar-refractivity contribution < 1.29 is 26.8 Å². The average Bonchev–Trinajstić information content (AvgIpc) is 2.59. The van der Waals surface area contributed by atoms with Crippen molar-refractivity contribution in [2.75, 3.05) is 20.3 Å². The largest absolute Gasteiger partial charge is 0.493 e. The highest BCUT2D eigenvalue weighted by Crippen LogP contribution is 2.40. The van der Waals surface area contributed by atoms with Gasteiger partial charge in [-0.2, -0.15) is 8.42 Å². The Bertz CT molecular complexity index is 799. The summed E-state index contributed by atoms with van der Waals surface area (Å²) < 4.78 is 46.1.